The Morgan fingerprint density at radius 2 is 2.30 bits per heavy atom. The number of hydrogen-bond donors (Lipinski definition) is 1. The Hall–Kier alpha value is -0.480. The molecule has 0 spiro atoms. The average molecular weight is 137 g/mol. The van der Waals surface area contributed by atoms with E-state index in [2.05, 4.69) is 5.92 Å². The molecule has 56 valence electrons. The molecule has 0 heterocycles. The Bertz CT molecular complexity index is 134. The first-order valence-electron chi connectivity index (χ1n) is 4.03. The van der Waals surface area contributed by atoms with Crippen molar-refractivity contribution in [3.8, 4) is 12.3 Å². The Morgan fingerprint density at radius 1 is 1.50 bits per heavy atom. The molecule has 0 bridgehead atoms. The van der Waals surface area contributed by atoms with Gasteiger partial charge in [0.1, 0.15) is 0 Å². The minimum absolute atomic E-state index is 0.438. The summed E-state index contributed by atoms with van der Waals surface area (Å²) in [5.41, 5.74) is 5.85. The molecule has 1 nitrogen and oxygen atoms in total. The Kier molecular flexibility index (Phi) is 2.77. The van der Waals surface area contributed by atoms with Crippen molar-refractivity contribution in [2.45, 2.75) is 38.1 Å². The van der Waals surface area contributed by atoms with E-state index in [-0.39, 0.29) is 0 Å². The second-order valence-corrected chi connectivity index (χ2v) is 3.10. The van der Waals surface area contributed by atoms with Crippen molar-refractivity contribution in [2.75, 3.05) is 0 Å². The molecule has 1 rings (SSSR count). The van der Waals surface area contributed by atoms with Crippen LogP contribution < -0.4 is 5.73 Å². The molecular weight excluding hydrogens is 122 g/mol. The van der Waals surface area contributed by atoms with E-state index in [0.29, 0.717) is 6.04 Å². The quantitative estimate of drug-likeness (QED) is 0.574. The first-order valence-corrected chi connectivity index (χ1v) is 4.03. The van der Waals surface area contributed by atoms with Crippen molar-refractivity contribution in [1.82, 2.24) is 0 Å². The van der Waals surface area contributed by atoms with Crippen LogP contribution >= 0.6 is 0 Å². The van der Waals surface area contributed by atoms with E-state index in [1.54, 1.807) is 0 Å². The van der Waals surface area contributed by atoms with Gasteiger partial charge in [0.05, 0.1) is 0 Å². The molecule has 0 amide bonds. The van der Waals surface area contributed by atoms with Gasteiger partial charge in [-0.05, 0) is 25.2 Å². The molecule has 2 unspecified atom stereocenters. The first kappa shape index (κ1) is 7.63. The molecule has 2 atom stereocenters. The van der Waals surface area contributed by atoms with Crippen LogP contribution in [0.2, 0.25) is 0 Å². The minimum atomic E-state index is 0.438. The number of terminal acetylenes is 1. The zero-order valence-corrected chi connectivity index (χ0v) is 6.34. The van der Waals surface area contributed by atoms with Gasteiger partial charge in [0.2, 0.25) is 0 Å². The van der Waals surface area contributed by atoms with Crippen LogP contribution in [0.25, 0.3) is 0 Å². The van der Waals surface area contributed by atoms with Crippen LogP contribution in [0.4, 0.5) is 0 Å². The summed E-state index contributed by atoms with van der Waals surface area (Å²) in [5.74, 6) is 3.38. The van der Waals surface area contributed by atoms with Crippen molar-refractivity contribution in [1.29, 1.82) is 0 Å². The zero-order chi connectivity index (χ0) is 7.40. The predicted octanol–water partition coefficient (Wildman–Crippen LogP) is 1.53. The van der Waals surface area contributed by atoms with E-state index in [1.807, 2.05) is 0 Å². The van der Waals surface area contributed by atoms with Gasteiger partial charge in [-0.15, -0.1) is 12.3 Å². The third-order valence-corrected chi connectivity index (χ3v) is 2.38. The largest absolute Gasteiger partial charge is 0.327 e. The lowest BCUT2D eigenvalue weighted by Gasteiger charge is -2.12. The highest BCUT2D eigenvalue weighted by Crippen LogP contribution is 2.27. The summed E-state index contributed by atoms with van der Waals surface area (Å²) in [6, 6.07) is 0.438. The van der Waals surface area contributed by atoms with Gasteiger partial charge < -0.3 is 5.73 Å². The first-order chi connectivity index (χ1) is 4.84. The summed E-state index contributed by atoms with van der Waals surface area (Å²) in [6.45, 7) is 0. The highest BCUT2D eigenvalue weighted by Gasteiger charge is 2.22. The van der Waals surface area contributed by atoms with Crippen molar-refractivity contribution in [2.24, 2.45) is 11.7 Å². The number of nitrogens with two attached hydrogens (primary N) is 1. The van der Waals surface area contributed by atoms with E-state index >= 15 is 0 Å². The standard InChI is InChI=1S/C9H15N/c1-2-3-5-8-6-4-7-9(8)10/h1,8-9H,3-7,10H2. The molecule has 10 heavy (non-hydrogen) atoms. The molecule has 0 radical (unpaired) electrons. The maximum Gasteiger partial charge on any atom is 0.00892 e. The van der Waals surface area contributed by atoms with E-state index in [0.717, 1.165) is 18.8 Å². The molecular formula is C9H15N. The second kappa shape index (κ2) is 3.63. The fourth-order valence-corrected chi connectivity index (χ4v) is 1.69. The van der Waals surface area contributed by atoms with Crippen LogP contribution in [0.5, 0.6) is 0 Å². The summed E-state index contributed by atoms with van der Waals surface area (Å²) in [5, 5.41) is 0. The summed E-state index contributed by atoms with van der Waals surface area (Å²) < 4.78 is 0. The van der Waals surface area contributed by atoms with Gasteiger partial charge in [-0.2, -0.15) is 0 Å². The lowest BCUT2D eigenvalue weighted by atomic mass is 9.99. The summed E-state index contributed by atoms with van der Waals surface area (Å²) in [6.07, 6.45) is 11.0. The van der Waals surface area contributed by atoms with Gasteiger partial charge in [0.15, 0.2) is 0 Å². The number of hydrogen-bond acceptors (Lipinski definition) is 1. The molecule has 0 aromatic rings. The lowest BCUT2D eigenvalue weighted by Crippen LogP contribution is -2.24. The van der Waals surface area contributed by atoms with Gasteiger partial charge in [-0.1, -0.05) is 6.42 Å². The third kappa shape index (κ3) is 1.75. The van der Waals surface area contributed by atoms with Gasteiger partial charge in [0, 0.05) is 12.5 Å². The molecule has 1 aliphatic rings. The zero-order valence-electron chi connectivity index (χ0n) is 6.34. The molecule has 0 aliphatic heterocycles. The highest BCUT2D eigenvalue weighted by molar-refractivity contribution is 4.88. The molecule has 1 saturated carbocycles. The van der Waals surface area contributed by atoms with Crippen LogP contribution in [0, 0.1) is 18.3 Å². The predicted molar refractivity (Wildman–Crippen MR) is 43.4 cm³/mol. The SMILES string of the molecule is C#CCCC1CCCC1N. The van der Waals surface area contributed by atoms with Crippen molar-refractivity contribution in [3.63, 3.8) is 0 Å². The van der Waals surface area contributed by atoms with Crippen LogP contribution in [0.15, 0.2) is 0 Å². The molecule has 0 aromatic carbocycles. The highest BCUT2D eigenvalue weighted by atomic mass is 14.7. The molecule has 0 saturated heterocycles. The number of rotatable bonds is 2. The van der Waals surface area contributed by atoms with E-state index in [4.69, 9.17) is 12.2 Å². The molecule has 1 aliphatic carbocycles. The second-order valence-electron chi connectivity index (χ2n) is 3.10. The van der Waals surface area contributed by atoms with Gasteiger partial charge >= 0.3 is 0 Å². The minimum Gasteiger partial charge on any atom is -0.327 e. The maximum absolute atomic E-state index is 5.85. The Balaban J connectivity index is 2.21. The van der Waals surface area contributed by atoms with Crippen molar-refractivity contribution < 1.29 is 0 Å². The Labute approximate surface area is 63.0 Å². The lowest BCUT2D eigenvalue weighted by molar-refractivity contribution is 0.453. The van der Waals surface area contributed by atoms with Crippen molar-refractivity contribution in [3.05, 3.63) is 0 Å². The Morgan fingerprint density at radius 3 is 2.80 bits per heavy atom. The van der Waals surface area contributed by atoms with Crippen LogP contribution in [0.1, 0.15) is 32.1 Å². The maximum atomic E-state index is 5.85. The summed E-state index contributed by atoms with van der Waals surface area (Å²) in [4.78, 5) is 0. The fourth-order valence-electron chi connectivity index (χ4n) is 1.69. The normalized spacial score (nSPS) is 32.0. The van der Waals surface area contributed by atoms with Crippen LogP contribution in [-0.4, -0.2) is 6.04 Å². The summed E-state index contributed by atoms with van der Waals surface area (Å²) >= 11 is 0. The monoisotopic (exact) mass is 137 g/mol. The average Bonchev–Trinajstić information content (AvgIpc) is 2.31. The van der Waals surface area contributed by atoms with Gasteiger partial charge in [-0.25, -0.2) is 0 Å². The molecule has 2 N–H and O–H groups in total. The van der Waals surface area contributed by atoms with Crippen LogP contribution in [-0.2, 0) is 0 Å². The van der Waals surface area contributed by atoms with Crippen LogP contribution in [0.3, 0.4) is 0 Å². The summed E-state index contributed by atoms with van der Waals surface area (Å²) in [7, 11) is 0. The van der Waals surface area contributed by atoms with Gasteiger partial charge in [-0.3, -0.25) is 0 Å². The van der Waals surface area contributed by atoms with E-state index in [1.165, 1.54) is 19.3 Å². The topological polar surface area (TPSA) is 26.0 Å². The van der Waals surface area contributed by atoms with E-state index in [9.17, 15) is 0 Å². The third-order valence-electron chi connectivity index (χ3n) is 2.38. The molecule has 1 fully saturated rings. The van der Waals surface area contributed by atoms with Crippen molar-refractivity contribution >= 4 is 0 Å². The molecule has 0 aromatic heterocycles. The molecule has 1 heteroatoms. The smallest absolute Gasteiger partial charge is 0.00892 e. The van der Waals surface area contributed by atoms with E-state index < -0.39 is 0 Å². The fraction of sp³-hybridized carbons (Fsp3) is 0.778. The van der Waals surface area contributed by atoms with Gasteiger partial charge in [0.25, 0.3) is 0 Å².